The predicted octanol–water partition coefficient (Wildman–Crippen LogP) is 2.32. The number of amides is 2. The number of hydrogen-bond donors (Lipinski definition) is 3. The third-order valence-electron chi connectivity index (χ3n) is 2.73. The molecule has 5 nitrogen and oxygen atoms in total. The zero-order valence-electron chi connectivity index (χ0n) is 9.52. The third kappa shape index (κ3) is 3.37. The van der Waals surface area contributed by atoms with Crippen LogP contribution in [0.15, 0.2) is 24.3 Å². The normalized spacial score (nSPS) is 15.8. The largest absolute Gasteiger partial charge is 0.480 e. The summed E-state index contributed by atoms with van der Waals surface area (Å²) in [6.07, 6.45) is 1.68. The summed E-state index contributed by atoms with van der Waals surface area (Å²) in [6, 6.07) is 5.31. The van der Waals surface area contributed by atoms with Crippen LogP contribution in [-0.2, 0) is 4.79 Å². The smallest absolute Gasteiger partial charge is 0.326 e. The van der Waals surface area contributed by atoms with Crippen LogP contribution in [0, 0.1) is 5.92 Å². The van der Waals surface area contributed by atoms with Crippen LogP contribution < -0.4 is 10.6 Å². The van der Waals surface area contributed by atoms with Crippen molar-refractivity contribution in [1.82, 2.24) is 5.32 Å². The summed E-state index contributed by atoms with van der Waals surface area (Å²) < 4.78 is 0. The van der Waals surface area contributed by atoms with Crippen molar-refractivity contribution in [3.63, 3.8) is 0 Å². The lowest BCUT2D eigenvalue weighted by Gasteiger charge is -2.14. The Balaban J connectivity index is 1.93. The Morgan fingerprint density at radius 3 is 2.67 bits per heavy atom. The van der Waals surface area contributed by atoms with Crippen molar-refractivity contribution >= 4 is 29.3 Å². The van der Waals surface area contributed by atoms with Crippen LogP contribution in [0.4, 0.5) is 10.5 Å². The van der Waals surface area contributed by atoms with Crippen LogP contribution in [0.5, 0.6) is 0 Å². The molecule has 0 heterocycles. The lowest BCUT2D eigenvalue weighted by atomic mass is 10.2. The summed E-state index contributed by atoms with van der Waals surface area (Å²) >= 11 is 5.78. The van der Waals surface area contributed by atoms with E-state index < -0.39 is 18.0 Å². The van der Waals surface area contributed by atoms with E-state index in [0.29, 0.717) is 10.7 Å². The van der Waals surface area contributed by atoms with Gasteiger partial charge >= 0.3 is 12.0 Å². The number of carboxylic acids is 1. The lowest BCUT2D eigenvalue weighted by molar-refractivity contribution is -0.139. The molecule has 1 saturated carbocycles. The Morgan fingerprint density at radius 2 is 2.11 bits per heavy atom. The van der Waals surface area contributed by atoms with Crippen LogP contribution in [0.2, 0.25) is 5.02 Å². The van der Waals surface area contributed by atoms with E-state index >= 15 is 0 Å². The standard InChI is InChI=1S/C12H13ClN2O3/c13-8-2-1-3-9(6-8)14-12(18)15-10(11(16)17)7-4-5-7/h1-3,6-7,10H,4-5H2,(H,16,17)(H2,14,15,18). The number of hydrogen-bond acceptors (Lipinski definition) is 2. The van der Waals surface area contributed by atoms with E-state index in [9.17, 15) is 9.59 Å². The average molecular weight is 269 g/mol. The van der Waals surface area contributed by atoms with E-state index in [-0.39, 0.29) is 5.92 Å². The minimum Gasteiger partial charge on any atom is -0.480 e. The lowest BCUT2D eigenvalue weighted by Crippen LogP contribution is -2.44. The second-order valence-electron chi connectivity index (χ2n) is 4.26. The molecule has 2 rings (SSSR count). The molecule has 0 aromatic heterocycles. The molecule has 3 N–H and O–H groups in total. The summed E-state index contributed by atoms with van der Waals surface area (Å²) in [7, 11) is 0. The third-order valence-corrected chi connectivity index (χ3v) is 2.96. The van der Waals surface area contributed by atoms with E-state index in [1.54, 1.807) is 24.3 Å². The Morgan fingerprint density at radius 1 is 1.39 bits per heavy atom. The van der Waals surface area contributed by atoms with Gasteiger partial charge in [0.15, 0.2) is 0 Å². The fourth-order valence-corrected chi connectivity index (χ4v) is 1.88. The van der Waals surface area contributed by atoms with E-state index in [4.69, 9.17) is 16.7 Å². The van der Waals surface area contributed by atoms with Crippen LogP contribution >= 0.6 is 11.6 Å². The highest BCUT2D eigenvalue weighted by Gasteiger charge is 2.37. The molecule has 1 fully saturated rings. The molecule has 0 radical (unpaired) electrons. The topological polar surface area (TPSA) is 78.4 Å². The van der Waals surface area contributed by atoms with Gasteiger partial charge in [0, 0.05) is 10.7 Å². The number of anilines is 1. The predicted molar refractivity (Wildman–Crippen MR) is 67.8 cm³/mol. The number of halogens is 1. The number of rotatable bonds is 4. The van der Waals surface area contributed by atoms with Gasteiger partial charge in [-0.2, -0.15) is 0 Å². The molecular weight excluding hydrogens is 256 g/mol. The van der Waals surface area contributed by atoms with Crippen LogP contribution in [0.1, 0.15) is 12.8 Å². The van der Waals surface area contributed by atoms with E-state index in [1.807, 2.05) is 0 Å². The monoisotopic (exact) mass is 268 g/mol. The number of carbonyl (C=O) groups is 2. The highest BCUT2D eigenvalue weighted by atomic mass is 35.5. The highest BCUT2D eigenvalue weighted by molar-refractivity contribution is 6.30. The second-order valence-corrected chi connectivity index (χ2v) is 4.70. The molecule has 1 aromatic carbocycles. The minimum atomic E-state index is -1.00. The van der Waals surface area contributed by atoms with Crippen molar-refractivity contribution in [2.75, 3.05) is 5.32 Å². The Bertz CT molecular complexity index is 474. The van der Waals surface area contributed by atoms with Crippen LogP contribution in [0.25, 0.3) is 0 Å². The van der Waals surface area contributed by atoms with Crippen molar-refractivity contribution in [3.8, 4) is 0 Å². The van der Waals surface area contributed by atoms with E-state index in [0.717, 1.165) is 12.8 Å². The first kappa shape index (κ1) is 12.7. The zero-order chi connectivity index (χ0) is 13.1. The fourth-order valence-electron chi connectivity index (χ4n) is 1.69. The highest BCUT2D eigenvalue weighted by Crippen LogP contribution is 2.32. The molecule has 18 heavy (non-hydrogen) atoms. The number of benzene rings is 1. The second kappa shape index (κ2) is 5.27. The van der Waals surface area contributed by atoms with Gasteiger partial charge in [0.05, 0.1) is 0 Å². The van der Waals surface area contributed by atoms with Crippen molar-refractivity contribution < 1.29 is 14.7 Å². The maximum Gasteiger partial charge on any atom is 0.326 e. The van der Waals surface area contributed by atoms with Crippen molar-refractivity contribution in [2.24, 2.45) is 5.92 Å². The molecular formula is C12H13ClN2O3. The summed E-state index contributed by atoms with van der Waals surface area (Å²) in [4.78, 5) is 22.6. The molecule has 96 valence electrons. The van der Waals surface area contributed by atoms with Crippen molar-refractivity contribution in [1.29, 1.82) is 0 Å². The molecule has 0 aliphatic heterocycles. The number of urea groups is 1. The molecule has 0 saturated heterocycles. The van der Waals surface area contributed by atoms with Gasteiger partial charge in [0.2, 0.25) is 0 Å². The Kier molecular flexibility index (Phi) is 3.72. The minimum absolute atomic E-state index is 0.0487. The van der Waals surface area contributed by atoms with Gasteiger partial charge in [-0.05, 0) is 37.0 Å². The maximum absolute atomic E-state index is 11.6. The van der Waals surface area contributed by atoms with Gasteiger partial charge in [0.25, 0.3) is 0 Å². The molecule has 0 bridgehead atoms. The van der Waals surface area contributed by atoms with Gasteiger partial charge in [-0.3, -0.25) is 0 Å². The van der Waals surface area contributed by atoms with Crippen molar-refractivity contribution in [2.45, 2.75) is 18.9 Å². The van der Waals surface area contributed by atoms with Gasteiger partial charge in [-0.1, -0.05) is 17.7 Å². The first-order valence-corrected chi connectivity index (χ1v) is 6.00. The number of aliphatic carboxylic acids is 1. The summed E-state index contributed by atoms with van der Waals surface area (Å²) in [5, 5.41) is 14.5. The number of carbonyl (C=O) groups excluding carboxylic acids is 1. The molecule has 2 amide bonds. The molecule has 1 aliphatic carbocycles. The SMILES string of the molecule is O=C(Nc1cccc(Cl)c1)NC(C(=O)O)C1CC1. The molecule has 1 unspecified atom stereocenters. The number of nitrogens with one attached hydrogen (secondary N) is 2. The average Bonchev–Trinajstić information content (AvgIpc) is 3.09. The van der Waals surface area contributed by atoms with E-state index in [2.05, 4.69) is 10.6 Å². The van der Waals surface area contributed by atoms with Gasteiger partial charge in [0.1, 0.15) is 6.04 Å². The molecule has 1 aromatic rings. The summed E-state index contributed by atoms with van der Waals surface area (Å²) in [5.41, 5.74) is 0.528. The molecule has 6 heteroatoms. The molecule has 0 spiro atoms. The summed E-state index contributed by atoms with van der Waals surface area (Å²) in [5.74, 6) is -0.952. The van der Waals surface area contributed by atoms with Crippen LogP contribution in [0.3, 0.4) is 0 Å². The van der Waals surface area contributed by atoms with E-state index in [1.165, 1.54) is 0 Å². The van der Waals surface area contributed by atoms with Gasteiger partial charge in [-0.25, -0.2) is 9.59 Å². The zero-order valence-corrected chi connectivity index (χ0v) is 10.3. The summed E-state index contributed by atoms with van der Waals surface area (Å²) in [6.45, 7) is 0. The fraction of sp³-hybridized carbons (Fsp3) is 0.333. The Labute approximate surface area is 109 Å². The van der Waals surface area contributed by atoms with Crippen LogP contribution in [-0.4, -0.2) is 23.1 Å². The maximum atomic E-state index is 11.6. The van der Waals surface area contributed by atoms with Gasteiger partial charge < -0.3 is 15.7 Å². The first-order chi connectivity index (χ1) is 8.56. The van der Waals surface area contributed by atoms with Gasteiger partial charge in [-0.15, -0.1) is 0 Å². The quantitative estimate of drug-likeness (QED) is 0.784. The molecule has 1 atom stereocenters. The molecule has 1 aliphatic rings. The Hall–Kier alpha value is -1.75. The first-order valence-electron chi connectivity index (χ1n) is 5.62. The number of carboxylic acid groups (broad SMARTS) is 1. The van der Waals surface area contributed by atoms with Crippen molar-refractivity contribution in [3.05, 3.63) is 29.3 Å².